The number of aryl methyl sites for hydroxylation is 1. The summed E-state index contributed by atoms with van der Waals surface area (Å²) >= 11 is 6.96. The van der Waals surface area contributed by atoms with Crippen molar-refractivity contribution in [2.24, 2.45) is 5.10 Å². The van der Waals surface area contributed by atoms with Crippen LogP contribution in [-0.4, -0.2) is 25.5 Å². The monoisotopic (exact) mass is 467 g/mol. The standard InChI is InChI=1S/C17H15Br2N3O3/c1-10-4-12(18)17(13(19)5-10)20-8-16(23)22-21-7-11-2-3-14-15(6-11)25-9-24-14/h2-7,20H,8-9H2,1H3,(H,22,23)/b21-7-. The molecule has 1 heterocycles. The molecule has 0 bridgehead atoms. The number of nitrogens with zero attached hydrogens (tertiary/aromatic N) is 1. The van der Waals surface area contributed by atoms with Crippen molar-refractivity contribution in [3.05, 3.63) is 50.4 Å². The molecule has 0 spiro atoms. The summed E-state index contributed by atoms with van der Waals surface area (Å²) in [6.07, 6.45) is 1.55. The maximum atomic E-state index is 11.9. The number of hydrogen-bond donors (Lipinski definition) is 2. The molecule has 0 aromatic heterocycles. The lowest BCUT2D eigenvalue weighted by molar-refractivity contribution is -0.119. The van der Waals surface area contributed by atoms with Crippen molar-refractivity contribution in [1.82, 2.24) is 5.43 Å². The number of fused-ring (bicyclic) bond motifs is 1. The molecule has 0 saturated carbocycles. The van der Waals surface area contributed by atoms with E-state index in [1.54, 1.807) is 18.3 Å². The van der Waals surface area contributed by atoms with E-state index in [0.29, 0.717) is 11.5 Å². The largest absolute Gasteiger partial charge is 0.454 e. The van der Waals surface area contributed by atoms with Crippen LogP contribution in [0.15, 0.2) is 44.4 Å². The lowest BCUT2D eigenvalue weighted by Crippen LogP contribution is -2.26. The van der Waals surface area contributed by atoms with E-state index >= 15 is 0 Å². The van der Waals surface area contributed by atoms with Crippen molar-refractivity contribution in [2.45, 2.75) is 6.92 Å². The normalized spacial score (nSPS) is 12.4. The van der Waals surface area contributed by atoms with E-state index < -0.39 is 0 Å². The van der Waals surface area contributed by atoms with Gasteiger partial charge in [-0.1, -0.05) is 0 Å². The average molecular weight is 469 g/mol. The minimum atomic E-state index is -0.253. The number of benzene rings is 2. The maximum Gasteiger partial charge on any atom is 0.259 e. The Balaban J connectivity index is 1.53. The smallest absolute Gasteiger partial charge is 0.259 e. The molecule has 0 saturated heterocycles. The zero-order chi connectivity index (χ0) is 17.8. The van der Waals surface area contributed by atoms with E-state index in [9.17, 15) is 4.79 Å². The molecule has 25 heavy (non-hydrogen) atoms. The number of carbonyl (C=O) groups is 1. The Morgan fingerprint density at radius 2 is 1.92 bits per heavy atom. The molecule has 8 heteroatoms. The van der Waals surface area contributed by atoms with Crippen molar-refractivity contribution < 1.29 is 14.3 Å². The molecule has 1 aliphatic rings. The van der Waals surface area contributed by atoms with Gasteiger partial charge < -0.3 is 14.8 Å². The number of anilines is 1. The first-order valence-electron chi connectivity index (χ1n) is 7.44. The van der Waals surface area contributed by atoms with Crippen LogP contribution in [0.2, 0.25) is 0 Å². The van der Waals surface area contributed by atoms with Crippen LogP contribution in [0, 0.1) is 6.92 Å². The Morgan fingerprint density at radius 3 is 2.68 bits per heavy atom. The van der Waals surface area contributed by atoms with Crippen molar-refractivity contribution >= 4 is 49.7 Å². The molecular formula is C17H15Br2N3O3. The highest BCUT2D eigenvalue weighted by molar-refractivity contribution is 9.11. The second-order valence-corrected chi connectivity index (χ2v) is 7.07. The van der Waals surface area contributed by atoms with E-state index in [2.05, 4.69) is 47.7 Å². The molecule has 0 unspecified atom stereocenters. The van der Waals surface area contributed by atoms with Gasteiger partial charge in [-0.2, -0.15) is 5.10 Å². The predicted molar refractivity (Wildman–Crippen MR) is 103 cm³/mol. The maximum absolute atomic E-state index is 11.9. The van der Waals surface area contributed by atoms with Crippen LogP contribution in [-0.2, 0) is 4.79 Å². The molecule has 3 rings (SSSR count). The Hall–Kier alpha value is -2.06. The molecule has 0 atom stereocenters. The van der Waals surface area contributed by atoms with Gasteiger partial charge in [0.2, 0.25) is 6.79 Å². The summed E-state index contributed by atoms with van der Waals surface area (Å²) in [7, 11) is 0. The Labute approximate surface area is 161 Å². The van der Waals surface area contributed by atoms with Gasteiger partial charge in [-0.25, -0.2) is 5.43 Å². The van der Waals surface area contributed by atoms with Crippen LogP contribution < -0.4 is 20.2 Å². The van der Waals surface area contributed by atoms with E-state index in [1.165, 1.54) is 0 Å². The molecule has 0 aliphatic carbocycles. The van der Waals surface area contributed by atoms with Crippen LogP contribution in [0.25, 0.3) is 0 Å². The van der Waals surface area contributed by atoms with Crippen LogP contribution in [0.4, 0.5) is 5.69 Å². The molecule has 6 nitrogen and oxygen atoms in total. The first-order valence-corrected chi connectivity index (χ1v) is 9.02. The van der Waals surface area contributed by atoms with Gasteiger partial charge in [0, 0.05) is 8.95 Å². The molecular weight excluding hydrogens is 454 g/mol. The van der Waals surface area contributed by atoms with Gasteiger partial charge in [-0.15, -0.1) is 0 Å². The third-order valence-electron chi connectivity index (χ3n) is 3.41. The number of hydrazone groups is 1. The molecule has 1 aliphatic heterocycles. The predicted octanol–water partition coefficient (Wildman–Crippen LogP) is 3.81. The van der Waals surface area contributed by atoms with Gasteiger partial charge in [0.25, 0.3) is 5.91 Å². The number of rotatable bonds is 5. The summed E-state index contributed by atoms with van der Waals surface area (Å²) in [6.45, 7) is 2.32. The SMILES string of the molecule is Cc1cc(Br)c(NCC(=O)N/N=C\c2ccc3c(c2)OCO3)c(Br)c1. The zero-order valence-electron chi connectivity index (χ0n) is 13.3. The number of ether oxygens (including phenoxy) is 2. The summed E-state index contributed by atoms with van der Waals surface area (Å²) in [5, 5.41) is 7.03. The van der Waals surface area contributed by atoms with Crippen molar-refractivity contribution in [1.29, 1.82) is 0 Å². The fourth-order valence-corrected chi connectivity index (χ4v) is 3.94. The average Bonchev–Trinajstić information content (AvgIpc) is 3.01. The summed E-state index contributed by atoms with van der Waals surface area (Å²) in [5.74, 6) is 1.13. The first-order chi connectivity index (χ1) is 12.0. The van der Waals surface area contributed by atoms with E-state index in [-0.39, 0.29) is 19.2 Å². The van der Waals surface area contributed by atoms with E-state index in [4.69, 9.17) is 9.47 Å². The van der Waals surface area contributed by atoms with Crippen LogP contribution in [0.3, 0.4) is 0 Å². The highest BCUT2D eigenvalue weighted by Gasteiger charge is 2.12. The van der Waals surface area contributed by atoms with Gasteiger partial charge in [-0.3, -0.25) is 4.79 Å². The zero-order valence-corrected chi connectivity index (χ0v) is 16.5. The van der Waals surface area contributed by atoms with Gasteiger partial charge in [0.1, 0.15) is 0 Å². The minimum absolute atomic E-state index is 0.0960. The first kappa shape index (κ1) is 17.8. The number of carbonyl (C=O) groups excluding carboxylic acids is 1. The number of amides is 1. The van der Waals surface area contributed by atoms with Crippen LogP contribution >= 0.6 is 31.9 Å². The van der Waals surface area contributed by atoms with Gasteiger partial charge in [0.05, 0.1) is 18.4 Å². The Kier molecular flexibility index (Phi) is 5.60. The Morgan fingerprint density at radius 1 is 1.20 bits per heavy atom. The molecule has 1 amide bonds. The number of hydrogen-bond acceptors (Lipinski definition) is 5. The van der Waals surface area contributed by atoms with Crippen LogP contribution in [0.5, 0.6) is 11.5 Å². The fourth-order valence-electron chi connectivity index (χ4n) is 2.25. The summed E-state index contributed by atoms with van der Waals surface area (Å²) in [4.78, 5) is 11.9. The summed E-state index contributed by atoms with van der Waals surface area (Å²) in [5.41, 5.74) is 5.22. The Bertz CT molecular complexity index is 817. The number of halogens is 2. The van der Waals surface area contributed by atoms with E-state index in [0.717, 1.165) is 25.8 Å². The third kappa shape index (κ3) is 4.52. The molecule has 0 radical (unpaired) electrons. The molecule has 2 aromatic carbocycles. The van der Waals surface area contributed by atoms with Crippen molar-refractivity contribution in [3.63, 3.8) is 0 Å². The lowest BCUT2D eigenvalue weighted by Gasteiger charge is -2.11. The van der Waals surface area contributed by atoms with Crippen LogP contribution in [0.1, 0.15) is 11.1 Å². The molecule has 2 N–H and O–H groups in total. The second-order valence-electron chi connectivity index (χ2n) is 5.36. The van der Waals surface area contributed by atoms with Gasteiger partial charge >= 0.3 is 0 Å². The highest BCUT2D eigenvalue weighted by atomic mass is 79.9. The van der Waals surface area contributed by atoms with Gasteiger partial charge in [0.15, 0.2) is 11.5 Å². The fraction of sp³-hybridized carbons (Fsp3) is 0.176. The molecule has 2 aromatic rings. The minimum Gasteiger partial charge on any atom is -0.454 e. The quantitative estimate of drug-likeness (QED) is 0.517. The topological polar surface area (TPSA) is 72.0 Å². The molecule has 0 fully saturated rings. The van der Waals surface area contributed by atoms with E-state index in [1.807, 2.05) is 25.1 Å². The summed E-state index contributed by atoms with van der Waals surface area (Å²) < 4.78 is 12.3. The third-order valence-corrected chi connectivity index (χ3v) is 4.66. The second kappa shape index (κ2) is 7.88. The van der Waals surface area contributed by atoms with Crippen molar-refractivity contribution in [2.75, 3.05) is 18.7 Å². The highest BCUT2D eigenvalue weighted by Crippen LogP contribution is 2.32. The van der Waals surface area contributed by atoms with Gasteiger partial charge in [-0.05, 0) is 80.2 Å². The van der Waals surface area contributed by atoms with Crippen molar-refractivity contribution in [3.8, 4) is 11.5 Å². The number of nitrogens with one attached hydrogen (secondary N) is 2. The molecule has 130 valence electrons. The summed E-state index contributed by atoms with van der Waals surface area (Å²) in [6, 6.07) is 9.39. The lowest BCUT2D eigenvalue weighted by atomic mass is 10.2.